The van der Waals surface area contributed by atoms with Crippen molar-refractivity contribution in [2.45, 2.75) is 19.8 Å². The van der Waals surface area contributed by atoms with Crippen molar-refractivity contribution in [2.24, 2.45) is 5.92 Å². The smallest absolute Gasteiger partial charge is 0.238 e. The van der Waals surface area contributed by atoms with Crippen LogP contribution >= 0.6 is 0 Å². The van der Waals surface area contributed by atoms with Crippen LogP contribution in [0.4, 0.5) is 10.1 Å². The number of likely N-dealkylation sites (tertiary alicyclic amines) is 1. The van der Waals surface area contributed by atoms with Crippen LogP contribution in [0.5, 0.6) is 5.75 Å². The number of Topliss-reactive ketones (excluding diaryl/α,β-unsaturated/α-hetero) is 1. The first-order valence-electron chi connectivity index (χ1n) is 9.60. The van der Waals surface area contributed by atoms with Gasteiger partial charge < -0.3 is 10.1 Å². The molecule has 3 rings (SSSR count). The summed E-state index contributed by atoms with van der Waals surface area (Å²) in [5, 5.41) is 2.89. The molecule has 0 radical (unpaired) electrons. The van der Waals surface area contributed by atoms with Crippen molar-refractivity contribution in [3.05, 3.63) is 59.9 Å². The van der Waals surface area contributed by atoms with Crippen LogP contribution in [0, 0.1) is 11.7 Å². The van der Waals surface area contributed by atoms with E-state index in [0.29, 0.717) is 44.6 Å². The van der Waals surface area contributed by atoms with Crippen LogP contribution in [-0.2, 0) is 4.79 Å². The second-order valence-corrected chi connectivity index (χ2v) is 6.93. The maximum absolute atomic E-state index is 13.0. The van der Waals surface area contributed by atoms with Crippen LogP contribution in [0.2, 0.25) is 0 Å². The Labute approximate surface area is 164 Å². The minimum absolute atomic E-state index is 0.0542. The van der Waals surface area contributed by atoms with E-state index in [2.05, 4.69) is 10.2 Å². The Morgan fingerprint density at radius 3 is 2.32 bits per heavy atom. The van der Waals surface area contributed by atoms with Gasteiger partial charge in [-0.3, -0.25) is 14.5 Å². The molecule has 6 heteroatoms. The molecule has 1 aliphatic rings. The van der Waals surface area contributed by atoms with Gasteiger partial charge in [0.15, 0.2) is 5.78 Å². The Kier molecular flexibility index (Phi) is 6.76. The highest BCUT2D eigenvalue weighted by Crippen LogP contribution is 2.22. The number of hydrogen-bond acceptors (Lipinski definition) is 4. The second-order valence-electron chi connectivity index (χ2n) is 6.93. The molecule has 1 heterocycles. The van der Waals surface area contributed by atoms with Gasteiger partial charge in [0, 0.05) is 17.2 Å². The molecule has 5 nitrogen and oxygen atoms in total. The summed E-state index contributed by atoms with van der Waals surface area (Å²) in [7, 11) is 0. The molecule has 1 amide bonds. The molecule has 0 atom stereocenters. The lowest BCUT2D eigenvalue weighted by Gasteiger charge is -2.30. The molecule has 0 unspecified atom stereocenters. The highest BCUT2D eigenvalue weighted by molar-refractivity contribution is 5.98. The minimum atomic E-state index is -0.343. The Bertz CT molecular complexity index is 798. The number of anilines is 1. The number of carbonyl (C=O) groups excluding carboxylic acids is 2. The van der Waals surface area contributed by atoms with E-state index in [0.717, 1.165) is 11.4 Å². The van der Waals surface area contributed by atoms with E-state index < -0.39 is 0 Å². The predicted molar refractivity (Wildman–Crippen MR) is 106 cm³/mol. The number of ketones is 1. The first-order valence-corrected chi connectivity index (χ1v) is 9.60. The molecular formula is C22H25FN2O3. The average molecular weight is 384 g/mol. The Morgan fingerprint density at radius 2 is 1.71 bits per heavy atom. The van der Waals surface area contributed by atoms with E-state index >= 15 is 0 Å². The van der Waals surface area contributed by atoms with Gasteiger partial charge in [0.1, 0.15) is 11.6 Å². The largest absolute Gasteiger partial charge is 0.494 e. The van der Waals surface area contributed by atoms with Crippen molar-refractivity contribution < 1.29 is 18.7 Å². The number of piperidine rings is 1. The van der Waals surface area contributed by atoms with Gasteiger partial charge in [0.05, 0.1) is 13.2 Å². The molecule has 0 spiro atoms. The van der Waals surface area contributed by atoms with Crippen molar-refractivity contribution in [1.29, 1.82) is 0 Å². The molecule has 2 aromatic carbocycles. The van der Waals surface area contributed by atoms with Gasteiger partial charge in [-0.15, -0.1) is 0 Å². The highest BCUT2D eigenvalue weighted by atomic mass is 19.1. The van der Waals surface area contributed by atoms with Crippen LogP contribution in [0.3, 0.4) is 0 Å². The zero-order valence-corrected chi connectivity index (χ0v) is 16.0. The van der Waals surface area contributed by atoms with Crippen molar-refractivity contribution >= 4 is 17.4 Å². The lowest BCUT2D eigenvalue weighted by molar-refractivity contribution is -0.117. The molecule has 2 aromatic rings. The fraction of sp³-hybridized carbons (Fsp3) is 0.364. The van der Waals surface area contributed by atoms with E-state index in [4.69, 9.17) is 4.74 Å². The van der Waals surface area contributed by atoms with E-state index in [-0.39, 0.29) is 23.4 Å². The molecule has 1 fully saturated rings. The second kappa shape index (κ2) is 9.46. The fourth-order valence-corrected chi connectivity index (χ4v) is 3.41. The zero-order valence-electron chi connectivity index (χ0n) is 16.0. The summed E-state index contributed by atoms with van der Waals surface area (Å²) in [5.41, 5.74) is 1.28. The SMILES string of the molecule is CCOc1ccc(NC(=O)CN2CCC(C(=O)c3ccc(F)cc3)CC2)cc1. The molecule has 28 heavy (non-hydrogen) atoms. The summed E-state index contributed by atoms with van der Waals surface area (Å²) in [6.07, 6.45) is 1.40. The van der Waals surface area contributed by atoms with Gasteiger partial charge in [0.25, 0.3) is 0 Å². The first-order chi connectivity index (χ1) is 13.5. The molecule has 0 saturated carbocycles. The quantitative estimate of drug-likeness (QED) is 0.739. The number of nitrogens with one attached hydrogen (secondary N) is 1. The standard InChI is InChI=1S/C22H25FN2O3/c1-2-28-20-9-7-19(8-10-20)24-21(26)15-25-13-11-17(12-14-25)22(27)16-3-5-18(23)6-4-16/h3-10,17H,2,11-15H2,1H3,(H,24,26). The van der Waals surface area contributed by atoms with Crippen LogP contribution in [0.1, 0.15) is 30.1 Å². The third-order valence-corrected chi connectivity index (χ3v) is 4.90. The number of ether oxygens (including phenoxy) is 1. The minimum Gasteiger partial charge on any atom is -0.494 e. The van der Waals surface area contributed by atoms with Crippen molar-refractivity contribution in [1.82, 2.24) is 4.90 Å². The number of nitrogens with zero attached hydrogens (tertiary/aromatic N) is 1. The third kappa shape index (κ3) is 5.39. The molecule has 148 valence electrons. The van der Waals surface area contributed by atoms with Gasteiger partial charge in [-0.2, -0.15) is 0 Å². The van der Waals surface area contributed by atoms with E-state index in [1.54, 1.807) is 0 Å². The summed E-state index contributed by atoms with van der Waals surface area (Å²) >= 11 is 0. The number of amides is 1. The molecule has 0 aromatic heterocycles. The number of benzene rings is 2. The fourth-order valence-electron chi connectivity index (χ4n) is 3.41. The van der Waals surface area contributed by atoms with Gasteiger partial charge in [-0.05, 0) is 81.4 Å². The summed E-state index contributed by atoms with van der Waals surface area (Å²) in [6, 6.07) is 13.0. The number of carbonyl (C=O) groups is 2. The highest BCUT2D eigenvalue weighted by Gasteiger charge is 2.26. The topological polar surface area (TPSA) is 58.6 Å². The van der Waals surface area contributed by atoms with Crippen molar-refractivity contribution in [3.63, 3.8) is 0 Å². The van der Waals surface area contributed by atoms with E-state index in [1.807, 2.05) is 31.2 Å². The van der Waals surface area contributed by atoms with Gasteiger partial charge >= 0.3 is 0 Å². The molecule has 1 saturated heterocycles. The average Bonchev–Trinajstić information content (AvgIpc) is 2.70. The summed E-state index contributed by atoms with van der Waals surface area (Å²) in [6.45, 7) is 4.20. The van der Waals surface area contributed by atoms with Gasteiger partial charge in [-0.1, -0.05) is 0 Å². The van der Waals surface area contributed by atoms with Crippen LogP contribution in [0.25, 0.3) is 0 Å². The Morgan fingerprint density at radius 1 is 1.07 bits per heavy atom. The molecule has 1 aliphatic heterocycles. The Balaban J connectivity index is 1.45. The monoisotopic (exact) mass is 384 g/mol. The molecule has 0 bridgehead atoms. The molecular weight excluding hydrogens is 359 g/mol. The van der Waals surface area contributed by atoms with E-state index in [1.165, 1.54) is 24.3 Å². The maximum atomic E-state index is 13.0. The number of rotatable bonds is 7. The zero-order chi connectivity index (χ0) is 19.9. The van der Waals surface area contributed by atoms with Crippen LogP contribution in [0.15, 0.2) is 48.5 Å². The summed E-state index contributed by atoms with van der Waals surface area (Å²) in [5.74, 6) is 0.333. The van der Waals surface area contributed by atoms with Crippen molar-refractivity contribution in [2.75, 3.05) is 31.6 Å². The maximum Gasteiger partial charge on any atom is 0.238 e. The van der Waals surface area contributed by atoms with Crippen molar-refractivity contribution in [3.8, 4) is 5.75 Å². The lowest BCUT2D eigenvalue weighted by Crippen LogP contribution is -2.40. The molecule has 1 N–H and O–H groups in total. The van der Waals surface area contributed by atoms with Crippen LogP contribution < -0.4 is 10.1 Å². The number of halogens is 1. The first kappa shape index (κ1) is 20.0. The summed E-state index contributed by atoms with van der Waals surface area (Å²) < 4.78 is 18.4. The molecule has 0 aliphatic carbocycles. The van der Waals surface area contributed by atoms with E-state index in [9.17, 15) is 14.0 Å². The normalized spacial score (nSPS) is 15.2. The third-order valence-electron chi connectivity index (χ3n) is 4.90. The lowest BCUT2D eigenvalue weighted by atomic mass is 9.89. The summed E-state index contributed by atoms with van der Waals surface area (Å²) in [4.78, 5) is 26.9. The predicted octanol–water partition coefficient (Wildman–Crippen LogP) is 3.76. The van der Waals surface area contributed by atoms with Gasteiger partial charge in [0.2, 0.25) is 5.91 Å². The number of hydrogen-bond donors (Lipinski definition) is 1. The van der Waals surface area contributed by atoms with Crippen LogP contribution in [-0.4, -0.2) is 42.8 Å². The van der Waals surface area contributed by atoms with Gasteiger partial charge in [-0.25, -0.2) is 4.39 Å². The Hall–Kier alpha value is -2.73.